The minimum atomic E-state index is 0.303. The summed E-state index contributed by atoms with van der Waals surface area (Å²) < 4.78 is 12.9. The number of fused-ring (bicyclic) bond motifs is 1. The van der Waals surface area contributed by atoms with Gasteiger partial charge in [-0.3, -0.25) is 4.40 Å². The summed E-state index contributed by atoms with van der Waals surface area (Å²) in [5, 5.41) is 9.62. The Morgan fingerprint density at radius 2 is 1.93 bits per heavy atom. The highest BCUT2D eigenvalue weighted by Gasteiger charge is 2.20. The molecule has 7 heteroatoms. The zero-order valence-electron chi connectivity index (χ0n) is 15.9. The van der Waals surface area contributed by atoms with Crippen molar-refractivity contribution in [2.75, 3.05) is 14.2 Å². The Morgan fingerprint density at radius 1 is 1.14 bits per heavy atom. The molecule has 1 N–H and O–H groups in total. The molecule has 0 amide bonds. The van der Waals surface area contributed by atoms with Gasteiger partial charge in [-0.25, -0.2) is 4.98 Å². The highest BCUT2D eigenvalue weighted by molar-refractivity contribution is 5.71. The van der Waals surface area contributed by atoms with Crippen molar-refractivity contribution in [2.24, 2.45) is 0 Å². The van der Waals surface area contributed by atoms with Crippen LogP contribution in [0.2, 0.25) is 0 Å². The Kier molecular flexibility index (Phi) is 5.04. The second kappa shape index (κ2) is 7.79. The zero-order chi connectivity index (χ0) is 19.5. The van der Waals surface area contributed by atoms with Crippen LogP contribution in [0.1, 0.15) is 31.2 Å². The third-order valence-corrected chi connectivity index (χ3v) is 5.09. The quantitative estimate of drug-likeness (QED) is 0.659. The highest BCUT2D eigenvalue weighted by Crippen LogP contribution is 2.36. The van der Waals surface area contributed by atoms with Crippen LogP contribution in [0.15, 0.2) is 36.5 Å². The van der Waals surface area contributed by atoms with E-state index in [9.17, 15) is 5.26 Å². The van der Waals surface area contributed by atoms with Gasteiger partial charge in [0, 0.05) is 11.6 Å². The van der Waals surface area contributed by atoms with Crippen LogP contribution in [0.5, 0.6) is 17.4 Å². The molecule has 144 valence electrons. The summed E-state index contributed by atoms with van der Waals surface area (Å²) in [5.74, 6) is 1.56. The van der Waals surface area contributed by atoms with Gasteiger partial charge < -0.3 is 14.3 Å². The van der Waals surface area contributed by atoms with Crippen LogP contribution in [0.3, 0.4) is 0 Å². The molecule has 1 aliphatic carbocycles. The van der Waals surface area contributed by atoms with Gasteiger partial charge in [-0.05, 0) is 37.1 Å². The summed E-state index contributed by atoms with van der Waals surface area (Å²) >= 11 is 0. The van der Waals surface area contributed by atoms with Crippen LogP contribution in [0, 0.1) is 11.3 Å². The second-order valence-electron chi connectivity index (χ2n) is 6.77. The molecule has 28 heavy (non-hydrogen) atoms. The lowest BCUT2D eigenvalue weighted by Crippen LogP contribution is -2.29. The van der Waals surface area contributed by atoms with Crippen molar-refractivity contribution in [3.05, 3.63) is 42.1 Å². The number of nitriles is 1. The van der Waals surface area contributed by atoms with E-state index < -0.39 is 0 Å². The van der Waals surface area contributed by atoms with E-state index in [0.717, 1.165) is 29.7 Å². The van der Waals surface area contributed by atoms with E-state index in [1.807, 2.05) is 34.7 Å². The third-order valence-electron chi connectivity index (χ3n) is 5.09. The molecule has 4 rings (SSSR count). The molecule has 0 saturated heterocycles. The number of nitrogens with one attached hydrogen (secondary N) is 1. The Balaban J connectivity index is 1.79. The van der Waals surface area contributed by atoms with Gasteiger partial charge in [-0.1, -0.05) is 18.9 Å². The van der Waals surface area contributed by atoms with Gasteiger partial charge >= 0.3 is 0 Å². The molecule has 2 aromatic heterocycles. The molecule has 0 bridgehead atoms. The maximum absolute atomic E-state index is 9.62. The molecule has 1 fully saturated rings. The predicted molar refractivity (Wildman–Crippen MR) is 104 cm³/mol. The molecular weight excluding hydrogens is 356 g/mol. The fourth-order valence-electron chi connectivity index (χ4n) is 3.65. The summed E-state index contributed by atoms with van der Waals surface area (Å²) in [6, 6.07) is 11.8. The highest BCUT2D eigenvalue weighted by atomic mass is 16.6. The van der Waals surface area contributed by atoms with Crippen molar-refractivity contribution < 1.29 is 14.3 Å². The van der Waals surface area contributed by atoms with Crippen molar-refractivity contribution >= 4 is 5.65 Å². The molecule has 0 radical (unpaired) electrons. The smallest absolute Gasteiger partial charge is 0.199 e. The first-order valence-electron chi connectivity index (χ1n) is 9.30. The number of hydrogen-bond donors (Lipinski definition) is 1. The number of hydrogen-bond acceptors (Lipinski definition) is 6. The van der Waals surface area contributed by atoms with Gasteiger partial charge in [0.05, 0.1) is 26.1 Å². The van der Waals surface area contributed by atoms with Gasteiger partial charge in [0.15, 0.2) is 11.6 Å². The first-order valence-corrected chi connectivity index (χ1v) is 9.30. The maximum Gasteiger partial charge on any atom is 0.199 e. The monoisotopic (exact) mass is 378 g/mol. The average molecular weight is 378 g/mol. The molecule has 1 aliphatic rings. The Bertz CT molecular complexity index is 1030. The van der Waals surface area contributed by atoms with E-state index in [0.29, 0.717) is 29.0 Å². The van der Waals surface area contributed by atoms with Crippen LogP contribution < -0.4 is 19.8 Å². The normalized spacial score (nSPS) is 14.2. The van der Waals surface area contributed by atoms with Gasteiger partial charge in [-0.15, -0.1) is 0 Å². The Morgan fingerprint density at radius 3 is 2.64 bits per heavy atom. The maximum atomic E-state index is 9.62. The fourth-order valence-corrected chi connectivity index (χ4v) is 3.65. The third kappa shape index (κ3) is 3.23. The first-order chi connectivity index (χ1) is 13.7. The van der Waals surface area contributed by atoms with Crippen LogP contribution in [-0.4, -0.2) is 29.6 Å². The number of pyridine rings is 1. The predicted octanol–water partition coefficient (Wildman–Crippen LogP) is 3.72. The minimum absolute atomic E-state index is 0.303. The van der Waals surface area contributed by atoms with E-state index in [4.69, 9.17) is 14.3 Å². The van der Waals surface area contributed by atoms with E-state index >= 15 is 0 Å². The van der Waals surface area contributed by atoms with E-state index in [1.165, 1.54) is 12.8 Å². The topological polar surface area (TPSA) is 80.8 Å². The van der Waals surface area contributed by atoms with Crippen LogP contribution in [0.25, 0.3) is 16.9 Å². The van der Waals surface area contributed by atoms with E-state index in [2.05, 4.69) is 16.5 Å². The zero-order valence-corrected chi connectivity index (χ0v) is 15.9. The Hall–Kier alpha value is -3.24. The van der Waals surface area contributed by atoms with Gasteiger partial charge in [0.25, 0.3) is 0 Å². The molecular formula is C21H22N4O3. The molecule has 0 aliphatic heterocycles. The standard InChI is InChI=1S/C21H22N4O3/c1-26-18-10-14(17-13-23-20-8-5-9-21(27-2)25(17)20)11-19(16(18)12-22)28-24-15-6-3-4-7-15/h5,8-11,13,15,24H,3-4,6-7H2,1-2H3. The van der Waals surface area contributed by atoms with Crippen LogP contribution in [-0.2, 0) is 0 Å². The number of nitrogens with zero attached hydrogens (tertiary/aromatic N) is 3. The number of aromatic nitrogens is 2. The minimum Gasteiger partial charge on any atom is -0.495 e. The first kappa shape index (κ1) is 18.1. The molecule has 2 heterocycles. The second-order valence-corrected chi connectivity index (χ2v) is 6.77. The van der Waals surface area contributed by atoms with Crippen molar-refractivity contribution in [1.29, 1.82) is 5.26 Å². The number of ether oxygens (including phenoxy) is 2. The number of rotatable bonds is 6. The summed E-state index contributed by atoms with van der Waals surface area (Å²) in [6.45, 7) is 0. The number of methoxy groups -OCH3 is 2. The Labute approximate surface area is 163 Å². The fraction of sp³-hybridized carbons (Fsp3) is 0.333. The number of hydroxylamine groups is 1. The lowest BCUT2D eigenvalue weighted by Gasteiger charge is -2.16. The molecule has 1 saturated carbocycles. The van der Waals surface area contributed by atoms with E-state index in [1.54, 1.807) is 20.4 Å². The summed E-state index contributed by atoms with van der Waals surface area (Å²) in [4.78, 5) is 10.3. The molecule has 0 atom stereocenters. The van der Waals surface area contributed by atoms with Crippen LogP contribution >= 0.6 is 0 Å². The van der Waals surface area contributed by atoms with Crippen molar-refractivity contribution in [2.45, 2.75) is 31.7 Å². The molecule has 0 spiro atoms. The lowest BCUT2D eigenvalue weighted by molar-refractivity contribution is 0.155. The number of benzene rings is 1. The molecule has 7 nitrogen and oxygen atoms in total. The molecule has 1 aromatic carbocycles. The summed E-state index contributed by atoms with van der Waals surface area (Å²) in [5.41, 5.74) is 5.87. The summed E-state index contributed by atoms with van der Waals surface area (Å²) in [6.07, 6.45) is 6.30. The van der Waals surface area contributed by atoms with Crippen molar-refractivity contribution in [3.8, 4) is 34.7 Å². The SMILES string of the molecule is COc1cc(-c2cnc3cccc(OC)n23)cc(ONC2CCCC2)c1C#N. The number of imidazole rings is 1. The van der Waals surface area contributed by atoms with Gasteiger partial charge in [0.1, 0.15) is 23.0 Å². The van der Waals surface area contributed by atoms with Gasteiger partial charge in [-0.2, -0.15) is 10.7 Å². The summed E-state index contributed by atoms with van der Waals surface area (Å²) in [7, 11) is 3.17. The van der Waals surface area contributed by atoms with Crippen molar-refractivity contribution in [3.63, 3.8) is 0 Å². The van der Waals surface area contributed by atoms with Crippen molar-refractivity contribution in [1.82, 2.24) is 14.9 Å². The molecule has 0 unspecified atom stereocenters. The average Bonchev–Trinajstić information content (AvgIpc) is 3.41. The van der Waals surface area contributed by atoms with E-state index in [-0.39, 0.29) is 0 Å². The van der Waals surface area contributed by atoms with Crippen LogP contribution in [0.4, 0.5) is 0 Å². The molecule has 3 aromatic rings. The van der Waals surface area contributed by atoms with Gasteiger partial charge in [0.2, 0.25) is 0 Å². The largest absolute Gasteiger partial charge is 0.495 e. The lowest BCUT2D eigenvalue weighted by atomic mass is 10.1.